The number of aromatic nitrogens is 2. The molecule has 1 saturated heterocycles. The lowest BCUT2D eigenvalue weighted by Gasteiger charge is -2.35. The number of amides is 2. The molecule has 0 radical (unpaired) electrons. The van der Waals surface area contributed by atoms with E-state index in [2.05, 4.69) is 23.2 Å². The zero-order valence-electron chi connectivity index (χ0n) is 29.9. The monoisotopic (exact) mass is 654 g/mol. The highest BCUT2D eigenvalue weighted by atomic mass is 16.2. The second-order valence-corrected chi connectivity index (χ2v) is 13.9. The molecule has 2 amide bonds. The van der Waals surface area contributed by atoms with Gasteiger partial charge in [0.2, 0.25) is 5.91 Å². The molecular formula is C42H62N4O2. The molecule has 0 bridgehead atoms. The van der Waals surface area contributed by atoms with E-state index in [0.29, 0.717) is 38.2 Å². The van der Waals surface area contributed by atoms with Crippen LogP contribution in [0.25, 0.3) is 23.1 Å². The first-order valence-electron chi connectivity index (χ1n) is 19.4. The summed E-state index contributed by atoms with van der Waals surface area (Å²) in [5, 5.41) is 8.53. The van der Waals surface area contributed by atoms with Crippen LogP contribution in [0.5, 0.6) is 0 Å². The minimum absolute atomic E-state index is 0.0368. The lowest BCUT2D eigenvalue weighted by Crippen LogP contribution is -2.50. The van der Waals surface area contributed by atoms with Crippen molar-refractivity contribution in [2.75, 3.05) is 26.2 Å². The molecule has 0 aliphatic carbocycles. The van der Waals surface area contributed by atoms with Gasteiger partial charge < -0.3 is 9.80 Å². The number of carbonyl (C=O) groups is 2. The van der Waals surface area contributed by atoms with E-state index in [1.807, 2.05) is 64.4 Å². The summed E-state index contributed by atoms with van der Waals surface area (Å²) >= 11 is 0. The molecule has 48 heavy (non-hydrogen) atoms. The molecule has 6 heteroatoms. The average molecular weight is 655 g/mol. The van der Waals surface area contributed by atoms with E-state index in [-0.39, 0.29) is 11.8 Å². The summed E-state index contributed by atoms with van der Waals surface area (Å²) in [6.45, 7) is 4.73. The van der Waals surface area contributed by atoms with Crippen molar-refractivity contribution in [2.24, 2.45) is 0 Å². The number of fused-ring (bicyclic) bond motifs is 1. The second-order valence-electron chi connectivity index (χ2n) is 13.9. The fraction of sp³-hybridized carbons (Fsp3) is 0.595. The molecule has 2 heterocycles. The first-order valence-corrected chi connectivity index (χ1v) is 19.4. The number of benzene rings is 2. The number of aromatic amines is 1. The maximum absolute atomic E-state index is 13.1. The Bertz CT molecular complexity index is 1350. The Labute approximate surface area is 290 Å². The third kappa shape index (κ3) is 13.2. The van der Waals surface area contributed by atoms with Crippen molar-refractivity contribution in [2.45, 2.75) is 135 Å². The highest BCUT2D eigenvalue weighted by Gasteiger charge is 2.24. The van der Waals surface area contributed by atoms with Gasteiger partial charge in [-0.2, -0.15) is 5.10 Å². The third-order valence-corrected chi connectivity index (χ3v) is 10.0. The smallest absolute Gasteiger partial charge is 0.253 e. The molecule has 0 unspecified atom stereocenters. The predicted octanol–water partition coefficient (Wildman–Crippen LogP) is 10.8. The minimum Gasteiger partial charge on any atom is -0.339 e. The fourth-order valence-corrected chi connectivity index (χ4v) is 6.88. The van der Waals surface area contributed by atoms with Gasteiger partial charge in [0.05, 0.1) is 11.2 Å². The molecule has 1 aliphatic rings. The summed E-state index contributed by atoms with van der Waals surface area (Å²) in [5.41, 5.74) is 3.62. The van der Waals surface area contributed by atoms with Crippen molar-refractivity contribution in [3.8, 4) is 0 Å². The number of para-hydroxylation sites is 1. The van der Waals surface area contributed by atoms with Crippen molar-refractivity contribution in [3.05, 3.63) is 65.4 Å². The Morgan fingerprint density at radius 2 is 1.12 bits per heavy atom. The maximum atomic E-state index is 13.1. The maximum Gasteiger partial charge on any atom is 0.253 e. The largest absolute Gasteiger partial charge is 0.339 e. The summed E-state index contributed by atoms with van der Waals surface area (Å²) in [5.74, 6) is 0.282. The summed E-state index contributed by atoms with van der Waals surface area (Å²) < 4.78 is 0. The zero-order valence-corrected chi connectivity index (χ0v) is 29.9. The van der Waals surface area contributed by atoms with Crippen LogP contribution in [0.3, 0.4) is 0 Å². The summed E-state index contributed by atoms with van der Waals surface area (Å²) in [4.78, 5) is 29.7. The Balaban J connectivity index is 0.976. The molecular weight excluding hydrogens is 592 g/mol. The number of nitrogens with one attached hydrogen (secondary N) is 1. The predicted molar refractivity (Wildman–Crippen MR) is 202 cm³/mol. The lowest BCUT2D eigenvalue weighted by atomic mass is 10.0. The quantitative estimate of drug-likeness (QED) is 0.103. The van der Waals surface area contributed by atoms with E-state index in [1.165, 1.54) is 109 Å². The van der Waals surface area contributed by atoms with Gasteiger partial charge in [-0.15, -0.1) is 0 Å². The van der Waals surface area contributed by atoms with E-state index in [9.17, 15) is 9.59 Å². The summed E-state index contributed by atoms with van der Waals surface area (Å²) in [7, 11) is 0. The number of piperazine rings is 1. The summed E-state index contributed by atoms with van der Waals surface area (Å²) in [6, 6.07) is 15.8. The molecule has 0 spiro atoms. The van der Waals surface area contributed by atoms with Crippen LogP contribution in [0, 0.1) is 0 Å². The van der Waals surface area contributed by atoms with Gasteiger partial charge in [-0.25, -0.2) is 0 Å². The Morgan fingerprint density at radius 3 is 1.69 bits per heavy atom. The molecule has 0 saturated carbocycles. The molecule has 1 aliphatic heterocycles. The molecule has 0 atom stereocenters. The number of carbonyl (C=O) groups excluding carboxylic acids is 2. The number of nitrogens with zero attached hydrogens (tertiary/aromatic N) is 3. The van der Waals surface area contributed by atoms with E-state index < -0.39 is 0 Å². The molecule has 1 N–H and O–H groups in total. The molecule has 1 fully saturated rings. The van der Waals surface area contributed by atoms with Crippen molar-refractivity contribution >= 4 is 34.9 Å². The Morgan fingerprint density at radius 1 is 0.625 bits per heavy atom. The number of unbranched alkanes of at least 4 members (excludes halogenated alkanes) is 18. The zero-order chi connectivity index (χ0) is 33.7. The van der Waals surface area contributed by atoms with Gasteiger partial charge in [-0.3, -0.25) is 14.7 Å². The van der Waals surface area contributed by atoms with Crippen LogP contribution in [0.2, 0.25) is 0 Å². The minimum atomic E-state index is 0.0368. The molecule has 2 aromatic carbocycles. The highest BCUT2D eigenvalue weighted by molar-refractivity contribution is 5.95. The van der Waals surface area contributed by atoms with Crippen LogP contribution in [0.1, 0.15) is 157 Å². The normalized spacial score (nSPS) is 13.6. The highest BCUT2D eigenvalue weighted by Crippen LogP contribution is 2.19. The van der Waals surface area contributed by atoms with Crippen LogP contribution >= 0.6 is 0 Å². The lowest BCUT2D eigenvalue weighted by molar-refractivity contribution is -0.132. The standard InChI is InChI=1S/C42H62N4O2/c1-2-3-4-5-6-7-8-9-10-11-12-13-14-15-16-17-18-19-20-25-41(47)45-32-34-46(35-33-45)42(48)37-29-26-36(27-30-37)28-31-40-38-23-21-22-24-39(38)43-44-40/h21-24,26-31H,2-20,25,32-35H2,1H3,(H,43,44)/b31-28+. The average Bonchev–Trinajstić information content (AvgIpc) is 3.54. The van der Waals surface area contributed by atoms with Gasteiger partial charge in [-0.05, 0) is 36.3 Å². The Kier molecular flexibility index (Phi) is 17.4. The van der Waals surface area contributed by atoms with Crippen molar-refractivity contribution in [3.63, 3.8) is 0 Å². The first-order chi connectivity index (χ1) is 23.7. The van der Waals surface area contributed by atoms with Crippen molar-refractivity contribution in [1.82, 2.24) is 20.0 Å². The van der Waals surface area contributed by atoms with Crippen LogP contribution in [0.15, 0.2) is 48.5 Å². The third-order valence-electron chi connectivity index (χ3n) is 10.0. The van der Waals surface area contributed by atoms with Crippen LogP contribution < -0.4 is 0 Å². The van der Waals surface area contributed by atoms with E-state index in [1.54, 1.807) is 0 Å². The molecule has 4 rings (SSSR count). The van der Waals surface area contributed by atoms with Gasteiger partial charge >= 0.3 is 0 Å². The van der Waals surface area contributed by atoms with Gasteiger partial charge in [0.15, 0.2) is 0 Å². The number of rotatable bonds is 23. The molecule has 262 valence electrons. The van der Waals surface area contributed by atoms with E-state index in [4.69, 9.17) is 0 Å². The van der Waals surface area contributed by atoms with Crippen molar-refractivity contribution in [1.29, 1.82) is 0 Å². The van der Waals surface area contributed by atoms with Crippen LogP contribution in [-0.2, 0) is 4.79 Å². The topological polar surface area (TPSA) is 69.3 Å². The number of hydrogen-bond acceptors (Lipinski definition) is 3. The van der Waals surface area contributed by atoms with Gasteiger partial charge in [0, 0.05) is 43.5 Å². The summed E-state index contributed by atoms with van der Waals surface area (Å²) in [6.07, 6.45) is 30.5. The first kappa shape index (κ1) is 37.4. The molecule has 3 aromatic rings. The fourth-order valence-electron chi connectivity index (χ4n) is 6.88. The van der Waals surface area contributed by atoms with Crippen molar-refractivity contribution < 1.29 is 9.59 Å². The van der Waals surface area contributed by atoms with Gasteiger partial charge in [0.25, 0.3) is 5.91 Å². The number of H-pyrrole nitrogens is 1. The molecule has 1 aromatic heterocycles. The van der Waals surface area contributed by atoms with Crippen LogP contribution in [0.4, 0.5) is 0 Å². The Hall–Kier alpha value is -3.41. The second kappa shape index (κ2) is 22.3. The van der Waals surface area contributed by atoms with E-state index >= 15 is 0 Å². The van der Waals surface area contributed by atoms with E-state index in [0.717, 1.165) is 35.0 Å². The number of hydrogen-bond donors (Lipinski definition) is 1. The SMILES string of the molecule is CCCCCCCCCCCCCCCCCCCCCC(=O)N1CCN(C(=O)c2ccc(/C=C/c3n[nH]c4ccccc34)cc2)CC1. The van der Waals surface area contributed by atoms with Gasteiger partial charge in [-0.1, -0.05) is 159 Å². The van der Waals surface area contributed by atoms with Gasteiger partial charge in [0.1, 0.15) is 0 Å². The molecule has 6 nitrogen and oxygen atoms in total. The van der Waals surface area contributed by atoms with Crippen LogP contribution in [-0.4, -0.2) is 58.0 Å².